The Balaban J connectivity index is 1.81. The molecule has 3 aromatic carbocycles. The Hall–Kier alpha value is -3.73. The van der Waals surface area contributed by atoms with Crippen LogP contribution in [0.3, 0.4) is 0 Å². The average Bonchev–Trinajstić information content (AvgIpc) is 3.17. The van der Waals surface area contributed by atoms with Crippen LogP contribution in [0.25, 0.3) is 17.1 Å². The monoisotopic (exact) mass is 396 g/mol. The molecule has 1 amide bonds. The molecule has 30 heavy (non-hydrogen) atoms. The van der Waals surface area contributed by atoms with Crippen LogP contribution in [0.5, 0.6) is 0 Å². The molecule has 0 spiro atoms. The molecular weight excluding hydrogens is 372 g/mol. The minimum absolute atomic E-state index is 0.134. The molecule has 0 aliphatic heterocycles. The van der Waals surface area contributed by atoms with E-state index in [0.717, 1.165) is 39.2 Å². The number of nitrogens with zero attached hydrogens (tertiary/aromatic N) is 3. The minimum atomic E-state index is -0.332. The number of para-hydroxylation sites is 1. The van der Waals surface area contributed by atoms with Crippen molar-refractivity contribution >= 4 is 11.6 Å². The van der Waals surface area contributed by atoms with Crippen molar-refractivity contribution in [2.24, 2.45) is 0 Å². The molecule has 0 saturated carbocycles. The molecular formula is C25H24N4O. The predicted molar refractivity (Wildman–Crippen MR) is 120 cm³/mol. The van der Waals surface area contributed by atoms with Gasteiger partial charge in [-0.1, -0.05) is 60.2 Å². The number of amides is 1. The Morgan fingerprint density at radius 3 is 2.27 bits per heavy atom. The Labute approximate surface area is 176 Å². The molecule has 5 nitrogen and oxygen atoms in total. The second-order valence-electron chi connectivity index (χ2n) is 7.60. The average molecular weight is 396 g/mol. The summed E-state index contributed by atoms with van der Waals surface area (Å²) in [6, 6.07) is 21.9. The van der Waals surface area contributed by atoms with E-state index in [9.17, 15) is 4.79 Å². The normalized spacial score (nSPS) is 10.8. The van der Waals surface area contributed by atoms with Gasteiger partial charge in [0, 0.05) is 11.3 Å². The molecule has 0 bridgehead atoms. The van der Waals surface area contributed by atoms with Crippen LogP contribution in [0.2, 0.25) is 0 Å². The lowest BCUT2D eigenvalue weighted by Crippen LogP contribution is -2.15. The van der Waals surface area contributed by atoms with Gasteiger partial charge in [-0.2, -0.15) is 0 Å². The fourth-order valence-corrected chi connectivity index (χ4v) is 3.30. The highest BCUT2D eigenvalue weighted by atomic mass is 16.2. The third-order valence-electron chi connectivity index (χ3n) is 5.11. The lowest BCUT2D eigenvalue weighted by atomic mass is 10.1. The number of carbonyl (C=O) groups excluding carboxylic acids is 1. The summed E-state index contributed by atoms with van der Waals surface area (Å²) in [5.74, 6) is 0.440. The van der Waals surface area contributed by atoms with Crippen LogP contribution in [0.15, 0.2) is 66.7 Å². The van der Waals surface area contributed by atoms with Crippen LogP contribution in [0, 0.1) is 27.7 Å². The Bertz CT molecular complexity index is 1220. The minimum Gasteiger partial charge on any atom is -0.319 e. The van der Waals surface area contributed by atoms with Gasteiger partial charge in [0.25, 0.3) is 5.91 Å². The van der Waals surface area contributed by atoms with Gasteiger partial charge in [-0.05, 0) is 56.5 Å². The van der Waals surface area contributed by atoms with Crippen molar-refractivity contribution in [3.63, 3.8) is 0 Å². The van der Waals surface area contributed by atoms with Crippen molar-refractivity contribution in [3.05, 3.63) is 94.8 Å². The highest BCUT2D eigenvalue weighted by Crippen LogP contribution is 2.25. The summed E-state index contributed by atoms with van der Waals surface area (Å²) in [5, 5.41) is 7.53. The highest BCUT2D eigenvalue weighted by molar-refractivity contribution is 6.02. The summed E-state index contributed by atoms with van der Waals surface area (Å²) in [4.78, 5) is 17.6. The van der Waals surface area contributed by atoms with E-state index in [0.29, 0.717) is 5.82 Å². The molecule has 0 radical (unpaired) electrons. The largest absolute Gasteiger partial charge is 0.319 e. The number of aromatic nitrogens is 3. The number of hydrogen-bond donors (Lipinski definition) is 1. The van der Waals surface area contributed by atoms with E-state index >= 15 is 0 Å². The zero-order chi connectivity index (χ0) is 21.3. The topological polar surface area (TPSA) is 59.8 Å². The number of carbonyl (C=O) groups is 1. The van der Waals surface area contributed by atoms with Crippen molar-refractivity contribution in [3.8, 4) is 17.1 Å². The second kappa shape index (κ2) is 7.95. The van der Waals surface area contributed by atoms with E-state index in [1.807, 2.05) is 76.2 Å². The smallest absolute Gasteiger partial charge is 0.295 e. The molecule has 0 atom stereocenters. The van der Waals surface area contributed by atoms with Crippen molar-refractivity contribution in [1.82, 2.24) is 14.8 Å². The maximum Gasteiger partial charge on any atom is 0.295 e. The fraction of sp³-hybridized carbons (Fsp3) is 0.160. The fourth-order valence-electron chi connectivity index (χ4n) is 3.30. The summed E-state index contributed by atoms with van der Waals surface area (Å²) in [6.07, 6.45) is 0. The van der Waals surface area contributed by atoms with Crippen molar-refractivity contribution in [2.45, 2.75) is 27.7 Å². The Morgan fingerprint density at radius 2 is 1.53 bits per heavy atom. The van der Waals surface area contributed by atoms with E-state index in [2.05, 4.69) is 33.6 Å². The molecule has 1 N–H and O–H groups in total. The van der Waals surface area contributed by atoms with Crippen LogP contribution in [0.4, 0.5) is 5.69 Å². The van der Waals surface area contributed by atoms with Gasteiger partial charge < -0.3 is 5.32 Å². The highest BCUT2D eigenvalue weighted by Gasteiger charge is 2.20. The summed E-state index contributed by atoms with van der Waals surface area (Å²) >= 11 is 0. The van der Waals surface area contributed by atoms with Crippen LogP contribution < -0.4 is 5.32 Å². The molecule has 4 rings (SSSR count). The van der Waals surface area contributed by atoms with Crippen molar-refractivity contribution in [1.29, 1.82) is 0 Å². The van der Waals surface area contributed by atoms with E-state index in [1.54, 1.807) is 4.68 Å². The van der Waals surface area contributed by atoms with Crippen molar-refractivity contribution < 1.29 is 4.79 Å². The molecule has 0 aliphatic carbocycles. The van der Waals surface area contributed by atoms with Gasteiger partial charge in [0.1, 0.15) is 0 Å². The Morgan fingerprint density at radius 1 is 0.833 bits per heavy atom. The van der Waals surface area contributed by atoms with Crippen LogP contribution in [-0.4, -0.2) is 20.7 Å². The number of nitrogens with one attached hydrogen (secondary N) is 1. The van der Waals surface area contributed by atoms with Crippen LogP contribution in [0.1, 0.15) is 32.9 Å². The number of aryl methyl sites for hydroxylation is 4. The van der Waals surface area contributed by atoms with Crippen LogP contribution in [-0.2, 0) is 0 Å². The molecule has 0 unspecified atom stereocenters. The lowest BCUT2D eigenvalue weighted by molar-refractivity contribution is 0.101. The Kier molecular flexibility index (Phi) is 5.19. The SMILES string of the molecule is Cc1ccc(-c2nc(C(=O)Nc3ccccc3C)nn2-c2cc(C)ccc2C)cc1. The quantitative estimate of drug-likeness (QED) is 0.501. The number of anilines is 1. The third-order valence-corrected chi connectivity index (χ3v) is 5.11. The molecule has 0 saturated heterocycles. The van der Waals surface area contributed by atoms with Gasteiger partial charge in [0.15, 0.2) is 5.82 Å². The summed E-state index contributed by atoms with van der Waals surface area (Å²) in [5.41, 5.74) is 6.89. The van der Waals surface area contributed by atoms with E-state index < -0.39 is 0 Å². The second-order valence-corrected chi connectivity index (χ2v) is 7.60. The standard InChI is InChI=1S/C25H24N4O/c1-16-10-13-20(14-11-16)24-27-23(25(30)26-21-8-6-5-7-18(21)3)28-29(24)22-15-17(2)9-12-19(22)4/h5-15H,1-4H3,(H,26,30). The van der Waals surface area contributed by atoms with Gasteiger partial charge >= 0.3 is 0 Å². The van der Waals surface area contributed by atoms with Gasteiger partial charge in [-0.25, -0.2) is 9.67 Å². The van der Waals surface area contributed by atoms with Gasteiger partial charge in [-0.15, -0.1) is 5.10 Å². The maximum absolute atomic E-state index is 13.0. The van der Waals surface area contributed by atoms with Crippen molar-refractivity contribution in [2.75, 3.05) is 5.32 Å². The van der Waals surface area contributed by atoms with Gasteiger partial charge in [-0.3, -0.25) is 4.79 Å². The zero-order valence-electron chi connectivity index (χ0n) is 17.6. The first kappa shape index (κ1) is 19.6. The summed E-state index contributed by atoms with van der Waals surface area (Å²) in [6.45, 7) is 8.06. The van der Waals surface area contributed by atoms with E-state index in [-0.39, 0.29) is 11.7 Å². The first-order valence-corrected chi connectivity index (χ1v) is 9.91. The molecule has 5 heteroatoms. The van der Waals surface area contributed by atoms with Gasteiger partial charge in [0.2, 0.25) is 5.82 Å². The predicted octanol–water partition coefficient (Wildman–Crippen LogP) is 5.42. The first-order chi connectivity index (χ1) is 14.4. The summed E-state index contributed by atoms with van der Waals surface area (Å²) < 4.78 is 1.76. The molecule has 1 heterocycles. The number of hydrogen-bond acceptors (Lipinski definition) is 3. The maximum atomic E-state index is 13.0. The number of benzene rings is 3. The summed E-state index contributed by atoms with van der Waals surface area (Å²) in [7, 11) is 0. The molecule has 150 valence electrons. The molecule has 1 aromatic heterocycles. The lowest BCUT2D eigenvalue weighted by Gasteiger charge is -2.10. The third kappa shape index (κ3) is 3.87. The molecule has 4 aromatic rings. The molecule has 0 aliphatic rings. The van der Waals surface area contributed by atoms with E-state index in [1.165, 1.54) is 0 Å². The zero-order valence-corrected chi connectivity index (χ0v) is 17.6. The molecule has 0 fully saturated rings. The number of rotatable bonds is 4. The van der Waals surface area contributed by atoms with E-state index in [4.69, 9.17) is 0 Å². The first-order valence-electron chi connectivity index (χ1n) is 9.91. The van der Waals surface area contributed by atoms with Gasteiger partial charge in [0.05, 0.1) is 5.69 Å². The van der Waals surface area contributed by atoms with Crippen LogP contribution >= 0.6 is 0 Å².